The molecule has 2 amide bonds. The number of thiophene rings is 1. The highest BCUT2D eigenvalue weighted by molar-refractivity contribution is 7.10. The van der Waals surface area contributed by atoms with Gasteiger partial charge in [0.1, 0.15) is 0 Å². The van der Waals surface area contributed by atoms with Crippen molar-refractivity contribution >= 4 is 23.3 Å². The van der Waals surface area contributed by atoms with Crippen molar-refractivity contribution in [3.63, 3.8) is 0 Å². The molecule has 25 heavy (non-hydrogen) atoms. The molecule has 138 valence electrons. The van der Waals surface area contributed by atoms with E-state index in [1.807, 2.05) is 18.3 Å². The number of fused-ring (bicyclic) bond motifs is 1. The van der Waals surface area contributed by atoms with Crippen molar-refractivity contribution < 1.29 is 14.7 Å². The van der Waals surface area contributed by atoms with Gasteiger partial charge in [-0.25, -0.2) is 4.79 Å². The zero-order valence-corrected chi connectivity index (χ0v) is 15.7. The molecule has 1 aromatic heterocycles. The number of nitrogens with zero attached hydrogens (tertiary/aromatic N) is 2. The predicted molar refractivity (Wildman–Crippen MR) is 97.8 cm³/mol. The van der Waals surface area contributed by atoms with Gasteiger partial charge in [-0.2, -0.15) is 0 Å². The average molecular weight is 365 g/mol. The van der Waals surface area contributed by atoms with Crippen LogP contribution in [0.15, 0.2) is 11.4 Å². The highest BCUT2D eigenvalue weighted by Gasteiger charge is 2.32. The first kappa shape index (κ1) is 18.2. The van der Waals surface area contributed by atoms with Gasteiger partial charge in [-0.05, 0) is 42.7 Å². The van der Waals surface area contributed by atoms with E-state index in [0.29, 0.717) is 26.1 Å². The normalized spacial score (nSPS) is 25.3. The molecule has 0 spiro atoms. The molecule has 3 atom stereocenters. The standard InChI is InChI=1S/C18H27N3O3S/c1-12-7-15(17(22)23)11-21(9-12)18(24)19-8-13(2)20-5-3-16-14(10-20)4-6-25-16/h4,6,12-13,15H,3,5,7-11H2,1-2H3,(H,19,24)(H,22,23). The van der Waals surface area contributed by atoms with Crippen molar-refractivity contribution in [2.45, 2.75) is 39.3 Å². The Kier molecular flexibility index (Phi) is 5.64. The molecule has 0 radical (unpaired) electrons. The summed E-state index contributed by atoms with van der Waals surface area (Å²) in [6.07, 6.45) is 1.72. The van der Waals surface area contributed by atoms with Gasteiger partial charge in [-0.1, -0.05) is 6.92 Å². The monoisotopic (exact) mass is 365 g/mol. The molecule has 1 saturated heterocycles. The van der Waals surface area contributed by atoms with Crippen LogP contribution in [0.4, 0.5) is 4.79 Å². The number of carboxylic acids is 1. The van der Waals surface area contributed by atoms with E-state index in [1.54, 1.807) is 4.90 Å². The van der Waals surface area contributed by atoms with Crippen molar-refractivity contribution in [1.82, 2.24) is 15.1 Å². The lowest BCUT2D eigenvalue weighted by Gasteiger charge is -2.36. The Labute approximate surface area is 152 Å². The van der Waals surface area contributed by atoms with Gasteiger partial charge in [0.2, 0.25) is 0 Å². The van der Waals surface area contributed by atoms with E-state index in [2.05, 4.69) is 28.6 Å². The fourth-order valence-electron chi connectivity index (χ4n) is 3.82. The van der Waals surface area contributed by atoms with Gasteiger partial charge >= 0.3 is 12.0 Å². The minimum Gasteiger partial charge on any atom is -0.481 e. The number of piperidine rings is 1. The molecule has 2 aliphatic rings. The molecule has 3 unspecified atom stereocenters. The van der Waals surface area contributed by atoms with Gasteiger partial charge in [0.15, 0.2) is 0 Å². The van der Waals surface area contributed by atoms with Crippen molar-refractivity contribution in [2.24, 2.45) is 11.8 Å². The van der Waals surface area contributed by atoms with Crippen LogP contribution in [-0.4, -0.2) is 59.1 Å². The fraction of sp³-hybridized carbons (Fsp3) is 0.667. The number of carbonyl (C=O) groups excluding carboxylic acids is 1. The molecule has 0 saturated carbocycles. The maximum absolute atomic E-state index is 12.5. The maximum atomic E-state index is 12.5. The van der Waals surface area contributed by atoms with E-state index < -0.39 is 11.9 Å². The number of aliphatic carboxylic acids is 1. The molecule has 0 bridgehead atoms. The van der Waals surface area contributed by atoms with Gasteiger partial charge in [-0.3, -0.25) is 9.69 Å². The quantitative estimate of drug-likeness (QED) is 0.858. The minimum atomic E-state index is -0.808. The number of hydrogen-bond acceptors (Lipinski definition) is 4. The molecule has 1 aromatic rings. The molecule has 2 N–H and O–H groups in total. The molecule has 2 aliphatic heterocycles. The third-order valence-electron chi connectivity index (χ3n) is 5.31. The van der Waals surface area contributed by atoms with Crippen LogP contribution in [0.2, 0.25) is 0 Å². The Balaban J connectivity index is 1.49. The molecule has 3 heterocycles. The van der Waals surface area contributed by atoms with Gasteiger partial charge < -0.3 is 15.3 Å². The number of amides is 2. The molecule has 1 fully saturated rings. The van der Waals surface area contributed by atoms with Crippen LogP contribution in [0.25, 0.3) is 0 Å². The average Bonchev–Trinajstić information content (AvgIpc) is 3.06. The molecule has 7 heteroatoms. The van der Waals surface area contributed by atoms with Gasteiger partial charge in [-0.15, -0.1) is 11.3 Å². The minimum absolute atomic E-state index is 0.141. The van der Waals surface area contributed by atoms with Crippen LogP contribution in [0, 0.1) is 11.8 Å². The molecule has 3 rings (SSSR count). The van der Waals surface area contributed by atoms with Crippen molar-refractivity contribution in [1.29, 1.82) is 0 Å². The first-order valence-electron chi connectivity index (χ1n) is 8.99. The molecular weight excluding hydrogens is 338 g/mol. The van der Waals surface area contributed by atoms with Gasteiger partial charge in [0, 0.05) is 43.6 Å². The summed E-state index contributed by atoms with van der Waals surface area (Å²) >= 11 is 1.83. The largest absolute Gasteiger partial charge is 0.481 e. The third-order valence-corrected chi connectivity index (χ3v) is 6.33. The number of rotatable bonds is 4. The fourth-order valence-corrected chi connectivity index (χ4v) is 4.71. The van der Waals surface area contributed by atoms with E-state index in [1.165, 1.54) is 10.4 Å². The van der Waals surface area contributed by atoms with E-state index in [4.69, 9.17) is 0 Å². The second-order valence-electron chi connectivity index (χ2n) is 7.41. The zero-order valence-electron chi connectivity index (χ0n) is 14.9. The lowest BCUT2D eigenvalue weighted by atomic mass is 9.91. The lowest BCUT2D eigenvalue weighted by molar-refractivity contribution is -0.143. The Morgan fingerprint density at radius 3 is 3.00 bits per heavy atom. The summed E-state index contributed by atoms with van der Waals surface area (Å²) < 4.78 is 0. The summed E-state index contributed by atoms with van der Waals surface area (Å²) in [5.41, 5.74) is 1.41. The first-order chi connectivity index (χ1) is 11.9. The highest BCUT2D eigenvalue weighted by Crippen LogP contribution is 2.25. The predicted octanol–water partition coefficient (Wildman–Crippen LogP) is 2.25. The highest BCUT2D eigenvalue weighted by atomic mass is 32.1. The summed E-state index contributed by atoms with van der Waals surface area (Å²) in [6, 6.07) is 2.31. The van der Waals surface area contributed by atoms with Crippen LogP contribution in [0.5, 0.6) is 0 Å². The van der Waals surface area contributed by atoms with E-state index >= 15 is 0 Å². The number of likely N-dealkylation sites (tertiary alicyclic amines) is 1. The van der Waals surface area contributed by atoms with Crippen molar-refractivity contribution in [3.05, 3.63) is 21.9 Å². The second kappa shape index (κ2) is 7.74. The van der Waals surface area contributed by atoms with Crippen molar-refractivity contribution in [2.75, 3.05) is 26.2 Å². The number of carboxylic acid groups (broad SMARTS) is 1. The summed E-state index contributed by atoms with van der Waals surface area (Å²) in [4.78, 5) is 29.3. The Hall–Kier alpha value is -1.60. The smallest absolute Gasteiger partial charge is 0.317 e. The van der Waals surface area contributed by atoms with Gasteiger partial charge in [0.25, 0.3) is 0 Å². The van der Waals surface area contributed by atoms with Crippen LogP contribution < -0.4 is 5.32 Å². The number of urea groups is 1. The van der Waals surface area contributed by atoms with E-state index in [-0.39, 0.29) is 18.0 Å². The van der Waals surface area contributed by atoms with Crippen LogP contribution >= 0.6 is 11.3 Å². The molecule has 6 nitrogen and oxygen atoms in total. The molecular formula is C18H27N3O3S. The SMILES string of the molecule is CC1CC(C(=O)O)CN(C(=O)NCC(C)N2CCc3sccc3C2)C1. The topological polar surface area (TPSA) is 72.9 Å². The summed E-state index contributed by atoms with van der Waals surface area (Å²) in [6.45, 7) is 7.62. The molecule has 0 aromatic carbocycles. The third kappa shape index (κ3) is 4.33. The number of hydrogen-bond donors (Lipinski definition) is 2. The second-order valence-corrected chi connectivity index (χ2v) is 8.41. The number of carbonyl (C=O) groups is 2. The van der Waals surface area contributed by atoms with Crippen molar-refractivity contribution in [3.8, 4) is 0 Å². The summed E-state index contributed by atoms with van der Waals surface area (Å²) in [5.74, 6) is -1.04. The van der Waals surface area contributed by atoms with Crippen LogP contribution in [-0.2, 0) is 17.8 Å². The zero-order chi connectivity index (χ0) is 18.0. The number of nitrogens with one attached hydrogen (secondary N) is 1. The summed E-state index contributed by atoms with van der Waals surface area (Å²) in [7, 11) is 0. The van der Waals surface area contributed by atoms with Crippen LogP contribution in [0.1, 0.15) is 30.7 Å². The Bertz CT molecular complexity index is 633. The molecule has 0 aliphatic carbocycles. The van der Waals surface area contributed by atoms with Crippen LogP contribution in [0.3, 0.4) is 0 Å². The first-order valence-corrected chi connectivity index (χ1v) is 9.87. The van der Waals surface area contributed by atoms with Gasteiger partial charge in [0.05, 0.1) is 5.92 Å². The Morgan fingerprint density at radius 1 is 1.44 bits per heavy atom. The summed E-state index contributed by atoms with van der Waals surface area (Å²) in [5, 5.41) is 14.4. The Morgan fingerprint density at radius 2 is 2.24 bits per heavy atom. The maximum Gasteiger partial charge on any atom is 0.317 e. The van der Waals surface area contributed by atoms with E-state index in [0.717, 1.165) is 19.5 Å². The lowest BCUT2D eigenvalue weighted by Crippen LogP contribution is -2.52. The van der Waals surface area contributed by atoms with E-state index in [9.17, 15) is 14.7 Å².